The van der Waals surface area contributed by atoms with Crippen LogP contribution in [0.15, 0.2) is 18.2 Å². The number of benzene rings is 1. The molecule has 0 heterocycles. The lowest BCUT2D eigenvalue weighted by Crippen LogP contribution is -2.20. The minimum absolute atomic E-state index is 0.114. The maximum Gasteiger partial charge on any atom is 0.170 e. The summed E-state index contributed by atoms with van der Waals surface area (Å²) >= 11 is 2.96. The highest BCUT2D eigenvalue weighted by atomic mass is 79.9. The number of halogens is 2. The van der Waals surface area contributed by atoms with Gasteiger partial charge in [-0.25, -0.2) is 4.39 Å². The van der Waals surface area contributed by atoms with Crippen molar-refractivity contribution < 1.29 is 19.7 Å². The number of aliphatic hydroxyl groups is 2. The largest absolute Gasteiger partial charge is 0.505 e. The van der Waals surface area contributed by atoms with E-state index >= 15 is 0 Å². The highest BCUT2D eigenvalue weighted by Crippen LogP contribution is 2.26. The number of hydrogen-bond donors (Lipinski definition) is 3. The van der Waals surface area contributed by atoms with Gasteiger partial charge < -0.3 is 15.3 Å². The molecule has 0 aromatic heterocycles. The molecule has 14 heavy (non-hydrogen) atoms. The van der Waals surface area contributed by atoms with Gasteiger partial charge in [-0.15, -0.1) is 0 Å². The Labute approximate surface area is 88.9 Å². The summed E-state index contributed by atoms with van der Waals surface area (Å²) in [5.41, 5.74) is -0.114. The Bertz CT molecular complexity index is 319. The lowest BCUT2D eigenvalue weighted by atomic mass is 10.0. The summed E-state index contributed by atoms with van der Waals surface area (Å²) in [6, 6.07) is 3.88. The number of hydrogen-bond acceptors (Lipinski definition) is 3. The van der Waals surface area contributed by atoms with Crippen molar-refractivity contribution >= 4 is 15.9 Å². The van der Waals surface area contributed by atoms with Gasteiger partial charge in [0.2, 0.25) is 0 Å². The van der Waals surface area contributed by atoms with E-state index in [1.165, 1.54) is 18.2 Å². The number of aliphatic hydroxyl groups excluding tert-OH is 2. The fourth-order valence-corrected chi connectivity index (χ4v) is 1.41. The van der Waals surface area contributed by atoms with Gasteiger partial charge in [0, 0.05) is 10.9 Å². The molecule has 0 amide bonds. The first-order valence-corrected chi connectivity index (χ1v) is 5.09. The molecule has 2 unspecified atom stereocenters. The lowest BCUT2D eigenvalue weighted by Gasteiger charge is -2.16. The van der Waals surface area contributed by atoms with Gasteiger partial charge in [0.1, 0.15) is 6.10 Å². The molecule has 0 spiro atoms. The Kier molecular flexibility index (Phi) is 3.86. The third kappa shape index (κ3) is 2.23. The van der Waals surface area contributed by atoms with E-state index < -0.39 is 23.8 Å². The zero-order valence-electron chi connectivity index (χ0n) is 7.19. The molecule has 2 atom stereocenters. The Morgan fingerprint density at radius 2 is 2.00 bits per heavy atom. The van der Waals surface area contributed by atoms with Gasteiger partial charge in [-0.1, -0.05) is 28.1 Å². The Balaban J connectivity index is 3.01. The second kappa shape index (κ2) is 4.72. The summed E-state index contributed by atoms with van der Waals surface area (Å²) in [6.07, 6.45) is -2.45. The molecule has 0 aliphatic carbocycles. The van der Waals surface area contributed by atoms with E-state index in [0.717, 1.165) is 0 Å². The Morgan fingerprint density at radius 1 is 1.36 bits per heavy atom. The van der Waals surface area contributed by atoms with Crippen LogP contribution in [-0.2, 0) is 0 Å². The van der Waals surface area contributed by atoms with E-state index in [-0.39, 0.29) is 10.9 Å². The Morgan fingerprint density at radius 3 is 2.57 bits per heavy atom. The van der Waals surface area contributed by atoms with Gasteiger partial charge in [-0.3, -0.25) is 0 Å². The Hall–Kier alpha value is -0.650. The quantitative estimate of drug-likeness (QED) is 0.722. The summed E-state index contributed by atoms with van der Waals surface area (Å²) in [5.74, 6) is -1.44. The van der Waals surface area contributed by atoms with Crippen molar-refractivity contribution in [3.05, 3.63) is 29.6 Å². The van der Waals surface area contributed by atoms with Crippen molar-refractivity contribution in [2.24, 2.45) is 0 Å². The topological polar surface area (TPSA) is 60.7 Å². The van der Waals surface area contributed by atoms with E-state index in [1.54, 1.807) is 0 Å². The molecule has 0 saturated heterocycles. The van der Waals surface area contributed by atoms with Gasteiger partial charge in [-0.2, -0.15) is 0 Å². The van der Waals surface area contributed by atoms with Crippen molar-refractivity contribution in [2.75, 3.05) is 5.33 Å². The number of rotatable bonds is 3. The van der Waals surface area contributed by atoms with Crippen LogP contribution in [0, 0.1) is 5.82 Å². The van der Waals surface area contributed by atoms with Crippen molar-refractivity contribution in [1.82, 2.24) is 0 Å². The molecule has 5 heteroatoms. The van der Waals surface area contributed by atoms with Gasteiger partial charge in [-0.05, 0) is 6.07 Å². The zero-order chi connectivity index (χ0) is 10.7. The molecule has 0 bridgehead atoms. The molecule has 0 aliphatic rings. The second-order valence-electron chi connectivity index (χ2n) is 2.85. The lowest BCUT2D eigenvalue weighted by molar-refractivity contribution is 0.0317. The monoisotopic (exact) mass is 264 g/mol. The normalized spacial score (nSPS) is 15.1. The van der Waals surface area contributed by atoms with Crippen LogP contribution in [0.5, 0.6) is 5.75 Å². The fourth-order valence-electron chi connectivity index (χ4n) is 1.06. The average Bonchev–Trinajstić information content (AvgIpc) is 2.20. The molecular weight excluding hydrogens is 255 g/mol. The van der Waals surface area contributed by atoms with Crippen LogP contribution in [-0.4, -0.2) is 26.8 Å². The molecule has 0 fully saturated rings. The molecule has 78 valence electrons. The molecule has 3 N–H and O–H groups in total. The highest BCUT2D eigenvalue weighted by Gasteiger charge is 2.21. The van der Waals surface area contributed by atoms with Crippen LogP contribution in [0.25, 0.3) is 0 Å². The summed E-state index contributed by atoms with van der Waals surface area (Å²) < 4.78 is 13.2. The van der Waals surface area contributed by atoms with Gasteiger partial charge in [0.15, 0.2) is 11.6 Å². The first-order chi connectivity index (χ1) is 6.57. The minimum Gasteiger partial charge on any atom is -0.505 e. The SMILES string of the molecule is Oc1cccc(C(O)C(O)CBr)c1F. The third-order valence-corrected chi connectivity index (χ3v) is 2.51. The van der Waals surface area contributed by atoms with Crippen LogP contribution in [0.1, 0.15) is 11.7 Å². The number of phenolic OH excluding ortho intramolecular Hbond substituents is 1. The van der Waals surface area contributed by atoms with Crippen molar-refractivity contribution in [3.63, 3.8) is 0 Å². The fraction of sp³-hybridized carbons (Fsp3) is 0.333. The van der Waals surface area contributed by atoms with E-state index in [0.29, 0.717) is 0 Å². The van der Waals surface area contributed by atoms with E-state index in [4.69, 9.17) is 5.11 Å². The van der Waals surface area contributed by atoms with Gasteiger partial charge in [0.05, 0.1) is 6.10 Å². The summed E-state index contributed by atoms with van der Waals surface area (Å²) in [6.45, 7) is 0. The first-order valence-electron chi connectivity index (χ1n) is 3.97. The highest BCUT2D eigenvalue weighted by molar-refractivity contribution is 9.09. The van der Waals surface area contributed by atoms with Crippen LogP contribution < -0.4 is 0 Å². The second-order valence-corrected chi connectivity index (χ2v) is 3.49. The van der Waals surface area contributed by atoms with E-state index in [2.05, 4.69) is 15.9 Å². The van der Waals surface area contributed by atoms with Crippen molar-refractivity contribution in [3.8, 4) is 5.75 Å². The zero-order valence-corrected chi connectivity index (χ0v) is 8.78. The van der Waals surface area contributed by atoms with Crippen molar-refractivity contribution in [2.45, 2.75) is 12.2 Å². The van der Waals surface area contributed by atoms with Crippen LogP contribution in [0.2, 0.25) is 0 Å². The summed E-state index contributed by atoms with van der Waals surface area (Å²) in [7, 11) is 0. The number of alkyl halides is 1. The van der Waals surface area contributed by atoms with Crippen LogP contribution in [0.4, 0.5) is 4.39 Å². The van der Waals surface area contributed by atoms with E-state index in [1.807, 2.05) is 0 Å². The summed E-state index contributed by atoms with van der Waals surface area (Å²) in [4.78, 5) is 0. The van der Waals surface area contributed by atoms with Crippen molar-refractivity contribution in [1.29, 1.82) is 0 Å². The van der Waals surface area contributed by atoms with Gasteiger partial charge in [0.25, 0.3) is 0 Å². The minimum atomic E-state index is -1.35. The molecule has 1 aromatic carbocycles. The molecule has 1 aromatic rings. The molecule has 0 radical (unpaired) electrons. The summed E-state index contributed by atoms with van der Waals surface area (Å²) in [5, 5.41) is 27.9. The first kappa shape index (κ1) is 11.4. The van der Waals surface area contributed by atoms with Crippen LogP contribution in [0.3, 0.4) is 0 Å². The molecule has 0 aliphatic heterocycles. The van der Waals surface area contributed by atoms with Crippen LogP contribution >= 0.6 is 15.9 Å². The predicted molar refractivity (Wildman–Crippen MR) is 52.8 cm³/mol. The van der Waals surface area contributed by atoms with Gasteiger partial charge >= 0.3 is 0 Å². The maximum atomic E-state index is 13.2. The molecule has 0 saturated carbocycles. The average molecular weight is 265 g/mol. The molecule has 3 nitrogen and oxygen atoms in total. The predicted octanol–water partition coefficient (Wildman–Crippen LogP) is 1.32. The smallest absolute Gasteiger partial charge is 0.170 e. The molecular formula is C9H10BrFO3. The third-order valence-electron chi connectivity index (χ3n) is 1.85. The number of aromatic hydroxyl groups is 1. The standard InChI is InChI=1S/C9H10BrFO3/c10-4-7(13)9(14)5-2-1-3-6(12)8(5)11/h1-3,7,9,12-14H,4H2. The molecule has 1 rings (SSSR count). The van der Waals surface area contributed by atoms with E-state index in [9.17, 15) is 14.6 Å². The number of phenols is 1. The maximum absolute atomic E-state index is 13.2.